The number of amides is 2. The third kappa shape index (κ3) is 4.02. The second kappa shape index (κ2) is 6.65. The summed E-state index contributed by atoms with van der Waals surface area (Å²) in [5.41, 5.74) is 5.17. The van der Waals surface area contributed by atoms with Gasteiger partial charge in [-0.1, -0.05) is 0 Å². The fraction of sp³-hybridized carbons (Fsp3) is 0.615. The standard InChI is InChI=1S/C13H19N3O2S/c14-13(18)10-9-15-11(19-10)5-4-6-12(17)16-7-2-1-3-8-16/h9H,1-8H2,(H2,14,18). The number of nitrogens with two attached hydrogens (primary N) is 1. The van der Waals surface area contributed by atoms with E-state index < -0.39 is 5.91 Å². The van der Waals surface area contributed by atoms with E-state index in [2.05, 4.69) is 4.98 Å². The number of piperidine rings is 1. The van der Waals surface area contributed by atoms with Crippen LogP contribution in [0.25, 0.3) is 0 Å². The molecular weight excluding hydrogens is 262 g/mol. The Balaban J connectivity index is 1.73. The Labute approximate surface area is 116 Å². The van der Waals surface area contributed by atoms with Crippen molar-refractivity contribution in [2.45, 2.75) is 38.5 Å². The number of aromatic nitrogens is 1. The van der Waals surface area contributed by atoms with E-state index in [1.807, 2.05) is 4.90 Å². The zero-order valence-corrected chi connectivity index (χ0v) is 11.7. The maximum atomic E-state index is 11.9. The number of primary amides is 1. The highest BCUT2D eigenvalue weighted by Gasteiger charge is 2.16. The molecule has 0 aromatic carbocycles. The SMILES string of the molecule is NC(=O)c1cnc(CCCC(=O)N2CCCCC2)s1. The molecule has 5 nitrogen and oxygen atoms in total. The molecule has 0 aliphatic carbocycles. The Morgan fingerprint density at radius 2 is 2.05 bits per heavy atom. The summed E-state index contributed by atoms with van der Waals surface area (Å²) >= 11 is 1.32. The van der Waals surface area contributed by atoms with Gasteiger partial charge in [0.05, 0.1) is 11.2 Å². The molecule has 0 unspecified atom stereocenters. The Morgan fingerprint density at radius 3 is 2.68 bits per heavy atom. The van der Waals surface area contributed by atoms with Crippen LogP contribution in [-0.4, -0.2) is 34.8 Å². The van der Waals surface area contributed by atoms with Crippen LogP contribution in [0.3, 0.4) is 0 Å². The molecule has 6 heteroatoms. The highest BCUT2D eigenvalue weighted by Crippen LogP contribution is 2.16. The van der Waals surface area contributed by atoms with E-state index in [0.717, 1.165) is 43.8 Å². The van der Waals surface area contributed by atoms with Gasteiger partial charge >= 0.3 is 0 Å². The van der Waals surface area contributed by atoms with Crippen LogP contribution in [0.2, 0.25) is 0 Å². The van der Waals surface area contributed by atoms with Crippen molar-refractivity contribution in [1.82, 2.24) is 9.88 Å². The van der Waals surface area contributed by atoms with E-state index >= 15 is 0 Å². The number of carbonyl (C=O) groups excluding carboxylic acids is 2. The lowest BCUT2D eigenvalue weighted by molar-refractivity contribution is -0.132. The van der Waals surface area contributed by atoms with Gasteiger partial charge < -0.3 is 10.6 Å². The van der Waals surface area contributed by atoms with Crippen LogP contribution < -0.4 is 5.73 Å². The van der Waals surface area contributed by atoms with Crippen LogP contribution >= 0.6 is 11.3 Å². The first-order chi connectivity index (χ1) is 9.16. The summed E-state index contributed by atoms with van der Waals surface area (Å²) in [6.07, 6.45) is 7.07. The molecule has 2 heterocycles. The molecule has 1 aliphatic rings. The molecular formula is C13H19N3O2S. The predicted octanol–water partition coefficient (Wildman–Crippen LogP) is 1.58. The third-order valence-corrected chi connectivity index (χ3v) is 4.36. The Kier molecular flexibility index (Phi) is 4.90. The Bertz CT molecular complexity index is 452. The van der Waals surface area contributed by atoms with Crippen molar-refractivity contribution in [3.05, 3.63) is 16.1 Å². The zero-order chi connectivity index (χ0) is 13.7. The minimum Gasteiger partial charge on any atom is -0.365 e. The second-order valence-electron chi connectivity index (χ2n) is 4.78. The summed E-state index contributed by atoms with van der Waals surface area (Å²) in [6, 6.07) is 0. The van der Waals surface area contributed by atoms with Gasteiger partial charge in [-0.05, 0) is 32.1 Å². The van der Waals surface area contributed by atoms with Crippen molar-refractivity contribution in [3.8, 4) is 0 Å². The van der Waals surface area contributed by atoms with Crippen LogP contribution in [-0.2, 0) is 11.2 Å². The topological polar surface area (TPSA) is 76.3 Å². The van der Waals surface area contributed by atoms with Crippen molar-refractivity contribution >= 4 is 23.2 Å². The van der Waals surface area contributed by atoms with Gasteiger partial charge in [-0.25, -0.2) is 4.98 Å². The first-order valence-corrected chi connectivity index (χ1v) is 7.51. The first kappa shape index (κ1) is 14.0. The van der Waals surface area contributed by atoms with Crippen LogP contribution in [0.5, 0.6) is 0 Å². The molecule has 0 bridgehead atoms. The number of rotatable bonds is 5. The smallest absolute Gasteiger partial charge is 0.260 e. The van der Waals surface area contributed by atoms with Crippen molar-refractivity contribution < 1.29 is 9.59 Å². The number of hydrogen-bond donors (Lipinski definition) is 1. The van der Waals surface area contributed by atoms with E-state index in [4.69, 9.17) is 5.73 Å². The van der Waals surface area contributed by atoms with Crippen LogP contribution in [0, 0.1) is 0 Å². The van der Waals surface area contributed by atoms with Gasteiger partial charge in [0.2, 0.25) is 5.91 Å². The summed E-state index contributed by atoms with van der Waals surface area (Å²) < 4.78 is 0. The van der Waals surface area contributed by atoms with Crippen LogP contribution in [0.4, 0.5) is 0 Å². The highest BCUT2D eigenvalue weighted by atomic mass is 32.1. The van der Waals surface area contributed by atoms with E-state index in [1.165, 1.54) is 24.0 Å². The number of likely N-dealkylation sites (tertiary alicyclic amines) is 1. The Hall–Kier alpha value is -1.43. The van der Waals surface area contributed by atoms with E-state index in [0.29, 0.717) is 11.3 Å². The van der Waals surface area contributed by atoms with Crippen molar-refractivity contribution in [1.29, 1.82) is 0 Å². The normalized spacial score (nSPS) is 15.5. The summed E-state index contributed by atoms with van der Waals surface area (Å²) in [5.74, 6) is -0.195. The molecule has 1 aromatic heterocycles. The van der Waals surface area contributed by atoms with Gasteiger partial charge in [-0.15, -0.1) is 11.3 Å². The lowest BCUT2D eigenvalue weighted by atomic mass is 10.1. The number of nitrogens with zero attached hydrogens (tertiary/aromatic N) is 2. The fourth-order valence-corrected chi connectivity index (χ4v) is 3.04. The summed E-state index contributed by atoms with van der Waals surface area (Å²) in [7, 11) is 0. The van der Waals surface area contributed by atoms with E-state index in [1.54, 1.807) is 0 Å². The molecule has 2 amide bonds. The second-order valence-corrected chi connectivity index (χ2v) is 5.89. The quantitative estimate of drug-likeness (QED) is 0.890. The monoisotopic (exact) mass is 281 g/mol. The van der Waals surface area contributed by atoms with Crippen molar-refractivity contribution in [2.24, 2.45) is 5.73 Å². The molecule has 0 spiro atoms. The van der Waals surface area contributed by atoms with E-state index in [9.17, 15) is 9.59 Å². The third-order valence-electron chi connectivity index (χ3n) is 3.29. The van der Waals surface area contributed by atoms with Gasteiger partial charge in [0, 0.05) is 19.5 Å². The largest absolute Gasteiger partial charge is 0.365 e. The zero-order valence-electron chi connectivity index (χ0n) is 10.9. The van der Waals surface area contributed by atoms with Crippen LogP contribution in [0.1, 0.15) is 46.8 Å². The molecule has 19 heavy (non-hydrogen) atoms. The maximum absolute atomic E-state index is 11.9. The fourth-order valence-electron chi connectivity index (χ4n) is 2.23. The molecule has 0 atom stereocenters. The summed E-state index contributed by atoms with van der Waals surface area (Å²) in [5, 5.41) is 0.875. The van der Waals surface area contributed by atoms with Crippen molar-refractivity contribution in [3.63, 3.8) is 0 Å². The minimum atomic E-state index is -0.437. The molecule has 104 valence electrons. The molecule has 0 radical (unpaired) electrons. The number of aryl methyl sites for hydroxylation is 1. The molecule has 1 fully saturated rings. The number of carbonyl (C=O) groups is 2. The predicted molar refractivity (Wildman–Crippen MR) is 74.0 cm³/mol. The molecule has 1 aliphatic heterocycles. The molecule has 2 rings (SSSR count). The van der Waals surface area contributed by atoms with Gasteiger partial charge in [-0.3, -0.25) is 9.59 Å². The lowest BCUT2D eigenvalue weighted by Gasteiger charge is -2.26. The molecule has 2 N–H and O–H groups in total. The minimum absolute atomic E-state index is 0.242. The van der Waals surface area contributed by atoms with Gasteiger partial charge in [0.25, 0.3) is 5.91 Å². The number of thiazole rings is 1. The average Bonchev–Trinajstić information content (AvgIpc) is 2.89. The van der Waals surface area contributed by atoms with Gasteiger partial charge in [0.15, 0.2) is 0 Å². The molecule has 0 saturated carbocycles. The van der Waals surface area contributed by atoms with E-state index in [-0.39, 0.29) is 5.91 Å². The highest BCUT2D eigenvalue weighted by molar-refractivity contribution is 7.13. The van der Waals surface area contributed by atoms with Crippen LogP contribution in [0.15, 0.2) is 6.20 Å². The molecule has 1 aromatic rings. The molecule has 1 saturated heterocycles. The first-order valence-electron chi connectivity index (χ1n) is 6.69. The van der Waals surface area contributed by atoms with Crippen molar-refractivity contribution in [2.75, 3.05) is 13.1 Å². The maximum Gasteiger partial charge on any atom is 0.260 e. The Morgan fingerprint density at radius 1 is 1.32 bits per heavy atom. The van der Waals surface area contributed by atoms with Gasteiger partial charge in [0.1, 0.15) is 4.88 Å². The summed E-state index contributed by atoms with van der Waals surface area (Å²) in [6.45, 7) is 1.81. The lowest BCUT2D eigenvalue weighted by Crippen LogP contribution is -2.35. The average molecular weight is 281 g/mol. The summed E-state index contributed by atoms with van der Waals surface area (Å²) in [4.78, 5) is 29.5. The number of hydrogen-bond acceptors (Lipinski definition) is 4. The van der Waals surface area contributed by atoms with Gasteiger partial charge in [-0.2, -0.15) is 0 Å².